The van der Waals surface area contributed by atoms with Crippen LogP contribution in [0.1, 0.15) is 12.8 Å². The van der Waals surface area contributed by atoms with Crippen LogP contribution in [0.25, 0.3) is 0 Å². The molecule has 9 heteroatoms. The third-order valence-corrected chi connectivity index (χ3v) is 7.41. The van der Waals surface area contributed by atoms with Gasteiger partial charge in [0, 0.05) is 38.3 Å². The van der Waals surface area contributed by atoms with E-state index in [0.29, 0.717) is 44.9 Å². The van der Waals surface area contributed by atoms with Crippen molar-refractivity contribution in [3.8, 4) is 5.75 Å². The molecule has 3 rings (SSSR count). The zero-order chi connectivity index (χ0) is 21.6. The Morgan fingerprint density at radius 2 is 1.83 bits per heavy atom. The van der Waals surface area contributed by atoms with Crippen LogP contribution in [0.2, 0.25) is 0 Å². The van der Waals surface area contributed by atoms with Crippen molar-refractivity contribution < 1.29 is 17.9 Å². The molecule has 162 valence electrons. The molecule has 2 aromatic rings. The van der Waals surface area contributed by atoms with E-state index in [-0.39, 0.29) is 17.2 Å². The molecule has 0 spiro atoms. The highest BCUT2D eigenvalue weighted by atomic mass is 79.9. The molecule has 1 aliphatic heterocycles. The number of carbonyl (C=O) groups excluding carboxylic acids is 1. The number of anilines is 1. The van der Waals surface area contributed by atoms with Gasteiger partial charge < -0.3 is 15.0 Å². The van der Waals surface area contributed by atoms with Gasteiger partial charge in [0.2, 0.25) is 15.9 Å². The van der Waals surface area contributed by atoms with E-state index in [4.69, 9.17) is 4.74 Å². The molecule has 1 amide bonds. The molecule has 1 aliphatic rings. The van der Waals surface area contributed by atoms with E-state index in [1.54, 1.807) is 18.2 Å². The molecule has 0 saturated carbocycles. The summed E-state index contributed by atoms with van der Waals surface area (Å²) in [5.41, 5.74) is 0.474. The maximum absolute atomic E-state index is 12.9. The van der Waals surface area contributed by atoms with Crippen LogP contribution in [0.3, 0.4) is 0 Å². The Morgan fingerprint density at radius 3 is 2.57 bits per heavy atom. The number of nitrogens with one attached hydrogen (secondary N) is 1. The lowest BCUT2D eigenvalue weighted by Gasteiger charge is -2.31. The third kappa shape index (κ3) is 6.04. The van der Waals surface area contributed by atoms with Crippen LogP contribution >= 0.6 is 15.9 Å². The Morgan fingerprint density at radius 1 is 1.10 bits per heavy atom. The number of hydrogen-bond acceptors (Lipinski definition) is 5. The van der Waals surface area contributed by atoms with Gasteiger partial charge in [-0.1, -0.05) is 18.2 Å². The van der Waals surface area contributed by atoms with Crippen molar-refractivity contribution in [1.29, 1.82) is 0 Å². The first-order valence-corrected chi connectivity index (χ1v) is 12.1. The molecule has 0 unspecified atom stereocenters. The number of ether oxygens (including phenoxy) is 1. The van der Waals surface area contributed by atoms with Gasteiger partial charge in [-0.2, -0.15) is 4.31 Å². The Hall–Kier alpha value is -1.94. The van der Waals surface area contributed by atoms with E-state index in [1.165, 1.54) is 10.4 Å². The summed E-state index contributed by atoms with van der Waals surface area (Å²) < 4.78 is 33.8. The zero-order valence-electron chi connectivity index (χ0n) is 16.9. The largest absolute Gasteiger partial charge is 0.492 e. The van der Waals surface area contributed by atoms with Gasteiger partial charge in [0.05, 0.1) is 16.0 Å². The summed E-state index contributed by atoms with van der Waals surface area (Å²) in [6.07, 6.45) is 0.826. The summed E-state index contributed by atoms with van der Waals surface area (Å²) >= 11 is 3.42. The SMILES string of the molecule is CN1CCN(S(=O)(=O)c2cccc(NC(=O)CCCOc3ccccc3Br)c2)CC1. The number of sulfonamides is 1. The molecule has 1 saturated heterocycles. The molecule has 0 aromatic heterocycles. The van der Waals surface area contributed by atoms with Crippen LogP contribution in [0.5, 0.6) is 5.75 Å². The summed E-state index contributed by atoms with van der Waals surface area (Å²) in [6.45, 7) is 2.75. The average molecular weight is 496 g/mol. The minimum atomic E-state index is -3.57. The summed E-state index contributed by atoms with van der Waals surface area (Å²) in [5.74, 6) is 0.555. The maximum atomic E-state index is 12.9. The van der Waals surface area contributed by atoms with Crippen LogP contribution in [0.4, 0.5) is 5.69 Å². The summed E-state index contributed by atoms with van der Waals surface area (Å²) in [5, 5.41) is 2.78. The van der Waals surface area contributed by atoms with Crippen LogP contribution < -0.4 is 10.1 Å². The predicted molar refractivity (Wildman–Crippen MR) is 120 cm³/mol. The quantitative estimate of drug-likeness (QED) is 0.568. The highest BCUT2D eigenvalue weighted by Gasteiger charge is 2.27. The van der Waals surface area contributed by atoms with Crippen LogP contribution in [-0.2, 0) is 14.8 Å². The molecule has 2 aromatic carbocycles. The number of hydrogen-bond donors (Lipinski definition) is 1. The number of piperazine rings is 1. The molecule has 0 radical (unpaired) electrons. The fourth-order valence-corrected chi connectivity index (χ4v) is 4.98. The second-order valence-corrected chi connectivity index (χ2v) is 9.96. The zero-order valence-corrected chi connectivity index (χ0v) is 19.3. The molecule has 1 fully saturated rings. The van der Waals surface area contributed by atoms with Crippen LogP contribution in [-0.4, -0.2) is 63.4 Å². The maximum Gasteiger partial charge on any atom is 0.243 e. The van der Waals surface area contributed by atoms with Crippen molar-refractivity contribution in [1.82, 2.24) is 9.21 Å². The average Bonchev–Trinajstić information content (AvgIpc) is 2.73. The van der Waals surface area contributed by atoms with E-state index >= 15 is 0 Å². The van der Waals surface area contributed by atoms with Gasteiger partial charge in [-0.15, -0.1) is 0 Å². The number of likely N-dealkylation sites (N-methyl/N-ethyl adjacent to an activating group) is 1. The monoisotopic (exact) mass is 495 g/mol. The number of carbonyl (C=O) groups is 1. The molecular formula is C21H26BrN3O4S. The third-order valence-electron chi connectivity index (χ3n) is 4.86. The molecule has 1 heterocycles. The number of amides is 1. The molecule has 0 bridgehead atoms. The van der Waals surface area contributed by atoms with E-state index < -0.39 is 10.0 Å². The standard InChI is InChI=1S/C21H26BrN3O4S/c1-24-11-13-25(14-12-24)30(27,28)18-7-4-6-17(16-18)23-21(26)10-5-15-29-20-9-3-2-8-19(20)22/h2-4,6-9,16H,5,10-15H2,1H3,(H,23,26). The smallest absolute Gasteiger partial charge is 0.243 e. The summed E-state index contributed by atoms with van der Waals surface area (Å²) in [7, 11) is -1.59. The molecule has 30 heavy (non-hydrogen) atoms. The van der Waals surface area contributed by atoms with Crippen molar-refractivity contribution in [3.63, 3.8) is 0 Å². The van der Waals surface area contributed by atoms with E-state index in [2.05, 4.69) is 26.1 Å². The summed E-state index contributed by atoms with van der Waals surface area (Å²) in [4.78, 5) is 14.5. The van der Waals surface area contributed by atoms with Gasteiger partial charge in [0.1, 0.15) is 5.75 Å². The number of halogens is 1. The lowest BCUT2D eigenvalue weighted by atomic mass is 10.2. The first-order valence-electron chi connectivity index (χ1n) is 9.82. The van der Waals surface area contributed by atoms with Crippen LogP contribution in [0.15, 0.2) is 57.9 Å². The van der Waals surface area contributed by atoms with Crippen LogP contribution in [0, 0.1) is 0 Å². The minimum Gasteiger partial charge on any atom is -0.492 e. The van der Waals surface area contributed by atoms with E-state index in [9.17, 15) is 13.2 Å². The number of benzene rings is 2. The van der Waals surface area contributed by atoms with Gasteiger partial charge in [-0.05, 0) is 59.7 Å². The van der Waals surface area contributed by atoms with Crippen molar-refractivity contribution >= 4 is 37.5 Å². The van der Waals surface area contributed by atoms with Gasteiger partial charge in [0.25, 0.3) is 0 Å². The molecule has 0 atom stereocenters. The Balaban J connectivity index is 1.52. The lowest BCUT2D eigenvalue weighted by molar-refractivity contribution is -0.116. The van der Waals surface area contributed by atoms with Crippen molar-refractivity contribution in [2.75, 3.05) is 45.2 Å². The van der Waals surface area contributed by atoms with Crippen molar-refractivity contribution in [2.24, 2.45) is 0 Å². The molecule has 1 N–H and O–H groups in total. The first-order chi connectivity index (χ1) is 14.4. The highest BCUT2D eigenvalue weighted by molar-refractivity contribution is 9.10. The fourth-order valence-electron chi connectivity index (χ4n) is 3.11. The number of para-hydroxylation sites is 1. The lowest BCUT2D eigenvalue weighted by Crippen LogP contribution is -2.47. The fraction of sp³-hybridized carbons (Fsp3) is 0.381. The number of rotatable bonds is 8. The van der Waals surface area contributed by atoms with Crippen molar-refractivity contribution in [3.05, 3.63) is 53.0 Å². The second-order valence-electron chi connectivity index (χ2n) is 7.17. The molecular weight excluding hydrogens is 470 g/mol. The Kier molecular flexibility index (Phi) is 7.87. The van der Waals surface area contributed by atoms with Gasteiger partial charge in [-0.3, -0.25) is 4.79 Å². The molecule has 7 nitrogen and oxygen atoms in total. The summed E-state index contributed by atoms with van der Waals surface area (Å²) in [6, 6.07) is 14.0. The topological polar surface area (TPSA) is 79.0 Å². The van der Waals surface area contributed by atoms with Gasteiger partial charge >= 0.3 is 0 Å². The number of nitrogens with zero attached hydrogens (tertiary/aromatic N) is 2. The van der Waals surface area contributed by atoms with E-state index in [0.717, 1.165) is 10.2 Å². The Bertz CT molecular complexity index is 976. The highest BCUT2D eigenvalue weighted by Crippen LogP contribution is 2.24. The minimum absolute atomic E-state index is 0.181. The normalized spacial score (nSPS) is 15.7. The Labute approximate surface area is 186 Å². The van der Waals surface area contributed by atoms with Gasteiger partial charge in [0.15, 0.2) is 0 Å². The molecule has 0 aliphatic carbocycles. The first kappa shape index (κ1) is 22.7. The predicted octanol–water partition coefficient (Wildman–Crippen LogP) is 3.18. The second kappa shape index (κ2) is 10.4. The van der Waals surface area contributed by atoms with E-state index in [1.807, 2.05) is 31.3 Å². The van der Waals surface area contributed by atoms with Crippen molar-refractivity contribution in [2.45, 2.75) is 17.7 Å². The van der Waals surface area contributed by atoms with Gasteiger partial charge in [-0.25, -0.2) is 8.42 Å².